The largest absolute Gasteiger partial charge is 0.481 e. The molecule has 6 heteroatoms. The number of likely N-dealkylation sites (N-methyl/N-ethyl adjacent to an activating group) is 1. The van der Waals surface area contributed by atoms with Crippen molar-refractivity contribution in [1.29, 1.82) is 0 Å². The second kappa shape index (κ2) is 8.85. The Bertz CT molecular complexity index is 807. The van der Waals surface area contributed by atoms with Gasteiger partial charge in [0.05, 0.1) is 6.54 Å². The highest BCUT2D eigenvalue weighted by atomic mass is 79.9. The number of hydrogen-bond donors (Lipinski definition) is 1. The van der Waals surface area contributed by atoms with Crippen LogP contribution in [0.2, 0.25) is 0 Å². The van der Waals surface area contributed by atoms with Gasteiger partial charge in [-0.15, -0.1) is 0 Å². The average molecular weight is 419 g/mol. The lowest BCUT2D eigenvalue weighted by molar-refractivity contribution is -0.139. The van der Waals surface area contributed by atoms with Crippen LogP contribution in [0.25, 0.3) is 0 Å². The van der Waals surface area contributed by atoms with Crippen molar-refractivity contribution in [2.24, 2.45) is 0 Å². The number of rotatable bonds is 6. The fourth-order valence-electron chi connectivity index (χ4n) is 2.50. The van der Waals surface area contributed by atoms with Gasteiger partial charge in [-0.05, 0) is 62.2 Å². The van der Waals surface area contributed by atoms with Gasteiger partial charge in [0.2, 0.25) is 5.91 Å². The molecule has 2 aromatic rings. The number of halogens is 1. The predicted molar refractivity (Wildman–Crippen MR) is 106 cm³/mol. The first kappa shape index (κ1) is 20.0. The molecule has 0 heterocycles. The fraction of sp³-hybridized carbons (Fsp3) is 0.300. The maximum atomic E-state index is 12.4. The number of anilines is 1. The summed E-state index contributed by atoms with van der Waals surface area (Å²) in [6.45, 7) is 5.50. The van der Waals surface area contributed by atoms with Crippen molar-refractivity contribution in [3.05, 3.63) is 58.1 Å². The van der Waals surface area contributed by atoms with Gasteiger partial charge in [0.1, 0.15) is 5.75 Å². The lowest BCUT2D eigenvalue weighted by Crippen LogP contribution is -2.42. The topological polar surface area (TPSA) is 58.6 Å². The third-order valence-electron chi connectivity index (χ3n) is 3.87. The SMILES string of the molecule is Cc1cccc(O[C@H](C)C(=O)N(C)CC(=O)Nc2ccc(Br)cc2C)c1. The molecule has 26 heavy (non-hydrogen) atoms. The molecule has 0 aliphatic carbocycles. The van der Waals surface area contributed by atoms with Crippen LogP contribution < -0.4 is 10.1 Å². The number of ether oxygens (including phenoxy) is 1. The summed E-state index contributed by atoms with van der Waals surface area (Å²) in [6, 6.07) is 13.1. The van der Waals surface area contributed by atoms with Crippen molar-refractivity contribution >= 4 is 33.4 Å². The highest BCUT2D eigenvalue weighted by Gasteiger charge is 2.21. The summed E-state index contributed by atoms with van der Waals surface area (Å²) in [7, 11) is 1.59. The molecule has 0 saturated heterocycles. The first-order valence-electron chi connectivity index (χ1n) is 8.30. The Balaban J connectivity index is 1.91. The zero-order valence-electron chi connectivity index (χ0n) is 15.4. The molecule has 2 rings (SSSR count). The standard InChI is InChI=1S/C20H23BrN2O3/c1-13-6-5-7-17(10-13)26-15(3)20(25)23(4)12-19(24)22-18-9-8-16(21)11-14(18)2/h5-11,15H,12H2,1-4H3,(H,22,24)/t15-/m1/s1. The number of carbonyl (C=O) groups is 2. The third-order valence-corrected chi connectivity index (χ3v) is 4.36. The van der Waals surface area contributed by atoms with Crippen LogP contribution in [0.1, 0.15) is 18.1 Å². The molecule has 0 aromatic heterocycles. The Hall–Kier alpha value is -2.34. The molecule has 0 aliphatic heterocycles. The van der Waals surface area contributed by atoms with Gasteiger partial charge in [-0.25, -0.2) is 0 Å². The first-order chi connectivity index (χ1) is 12.3. The van der Waals surface area contributed by atoms with E-state index in [2.05, 4.69) is 21.2 Å². The van der Waals surface area contributed by atoms with Gasteiger partial charge in [-0.2, -0.15) is 0 Å². The molecule has 0 fully saturated rings. The summed E-state index contributed by atoms with van der Waals surface area (Å²) >= 11 is 3.39. The minimum absolute atomic E-state index is 0.0458. The van der Waals surface area contributed by atoms with Crippen molar-refractivity contribution in [3.8, 4) is 5.75 Å². The monoisotopic (exact) mass is 418 g/mol. The molecular weight excluding hydrogens is 396 g/mol. The summed E-state index contributed by atoms with van der Waals surface area (Å²) in [5, 5.41) is 2.82. The van der Waals surface area contributed by atoms with Gasteiger partial charge in [-0.3, -0.25) is 9.59 Å². The maximum absolute atomic E-state index is 12.4. The Morgan fingerprint density at radius 1 is 1.19 bits per heavy atom. The summed E-state index contributed by atoms with van der Waals surface area (Å²) in [5.74, 6) is 0.123. The molecule has 2 aromatic carbocycles. The van der Waals surface area contributed by atoms with Crippen molar-refractivity contribution in [3.63, 3.8) is 0 Å². The molecule has 0 spiro atoms. The fourth-order valence-corrected chi connectivity index (χ4v) is 2.98. The Kier molecular flexibility index (Phi) is 6.80. The number of hydrogen-bond acceptors (Lipinski definition) is 3. The Morgan fingerprint density at radius 3 is 2.58 bits per heavy atom. The number of benzene rings is 2. The lowest BCUT2D eigenvalue weighted by Gasteiger charge is -2.22. The average Bonchev–Trinajstić information content (AvgIpc) is 2.56. The van der Waals surface area contributed by atoms with Gasteiger partial charge in [0.15, 0.2) is 6.10 Å². The Morgan fingerprint density at radius 2 is 1.92 bits per heavy atom. The zero-order valence-corrected chi connectivity index (χ0v) is 17.0. The van der Waals surface area contributed by atoms with E-state index in [0.717, 1.165) is 21.3 Å². The summed E-state index contributed by atoms with van der Waals surface area (Å²) in [6.07, 6.45) is -0.677. The Labute approximate surface area is 162 Å². The van der Waals surface area contributed by atoms with Crippen LogP contribution in [0.4, 0.5) is 5.69 Å². The quantitative estimate of drug-likeness (QED) is 0.772. The van der Waals surface area contributed by atoms with E-state index < -0.39 is 6.10 Å². The number of amides is 2. The maximum Gasteiger partial charge on any atom is 0.263 e. The van der Waals surface area contributed by atoms with E-state index in [9.17, 15) is 9.59 Å². The van der Waals surface area contributed by atoms with Crippen molar-refractivity contribution in [1.82, 2.24) is 4.90 Å². The predicted octanol–water partition coefficient (Wildman–Crippen LogP) is 3.93. The van der Waals surface area contributed by atoms with Crippen LogP contribution in [0.3, 0.4) is 0 Å². The molecule has 2 amide bonds. The van der Waals surface area contributed by atoms with E-state index in [1.165, 1.54) is 4.90 Å². The number of nitrogens with zero attached hydrogens (tertiary/aromatic N) is 1. The van der Waals surface area contributed by atoms with Gasteiger partial charge in [-0.1, -0.05) is 28.1 Å². The minimum atomic E-state index is -0.677. The minimum Gasteiger partial charge on any atom is -0.481 e. The van der Waals surface area contributed by atoms with Crippen LogP contribution in [0, 0.1) is 13.8 Å². The molecule has 5 nitrogen and oxygen atoms in total. The number of aryl methyl sites for hydroxylation is 2. The van der Waals surface area contributed by atoms with Crippen molar-refractivity contribution in [2.75, 3.05) is 18.9 Å². The second-order valence-electron chi connectivity index (χ2n) is 6.28. The van der Waals surface area contributed by atoms with Crippen molar-refractivity contribution < 1.29 is 14.3 Å². The molecule has 0 saturated carbocycles. The third kappa shape index (κ3) is 5.59. The summed E-state index contributed by atoms with van der Waals surface area (Å²) in [4.78, 5) is 26.0. The number of carbonyl (C=O) groups excluding carboxylic acids is 2. The second-order valence-corrected chi connectivity index (χ2v) is 7.19. The summed E-state index contributed by atoms with van der Waals surface area (Å²) < 4.78 is 6.63. The molecular formula is C20H23BrN2O3. The van der Waals surface area contributed by atoms with E-state index in [0.29, 0.717) is 5.75 Å². The van der Waals surface area contributed by atoms with Gasteiger partial charge >= 0.3 is 0 Å². The van der Waals surface area contributed by atoms with Gasteiger partial charge in [0, 0.05) is 17.2 Å². The molecule has 138 valence electrons. The van der Waals surface area contributed by atoms with Crippen molar-refractivity contribution in [2.45, 2.75) is 26.9 Å². The molecule has 1 atom stereocenters. The normalized spacial score (nSPS) is 11.6. The van der Waals surface area contributed by atoms with Crippen LogP contribution in [0.5, 0.6) is 5.75 Å². The highest BCUT2D eigenvalue weighted by molar-refractivity contribution is 9.10. The van der Waals surface area contributed by atoms with Crippen LogP contribution >= 0.6 is 15.9 Å². The highest BCUT2D eigenvalue weighted by Crippen LogP contribution is 2.20. The molecule has 0 unspecified atom stereocenters. The van der Waals surface area contributed by atoms with E-state index in [1.807, 2.05) is 50.2 Å². The van der Waals surface area contributed by atoms with E-state index in [1.54, 1.807) is 20.0 Å². The zero-order chi connectivity index (χ0) is 19.3. The van der Waals surface area contributed by atoms with E-state index in [4.69, 9.17) is 4.74 Å². The lowest BCUT2D eigenvalue weighted by atomic mass is 10.2. The van der Waals surface area contributed by atoms with E-state index in [-0.39, 0.29) is 18.4 Å². The van der Waals surface area contributed by atoms with Gasteiger partial charge < -0.3 is 15.0 Å². The van der Waals surface area contributed by atoms with Gasteiger partial charge in [0.25, 0.3) is 5.91 Å². The molecule has 1 N–H and O–H groups in total. The van der Waals surface area contributed by atoms with E-state index >= 15 is 0 Å². The first-order valence-corrected chi connectivity index (χ1v) is 9.10. The number of nitrogens with one attached hydrogen (secondary N) is 1. The summed E-state index contributed by atoms with van der Waals surface area (Å²) in [5.41, 5.74) is 2.72. The molecule has 0 aliphatic rings. The molecule has 0 radical (unpaired) electrons. The smallest absolute Gasteiger partial charge is 0.263 e. The molecule has 0 bridgehead atoms. The van der Waals surface area contributed by atoms with Crippen LogP contribution in [-0.4, -0.2) is 36.4 Å². The van der Waals surface area contributed by atoms with Crippen LogP contribution in [0.15, 0.2) is 46.9 Å². The van der Waals surface area contributed by atoms with Crippen LogP contribution in [-0.2, 0) is 9.59 Å².